The first-order chi connectivity index (χ1) is 34.5. The fraction of sp³-hybridized carbons (Fsp3) is 0.875. The van der Waals surface area contributed by atoms with Crippen LogP contribution in [0.3, 0.4) is 0 Å². The van der Waals surface area contributed by atoms with Gasteiger partial charge in [-0.1, -0.05) is 288 Å². The highest BCUT2D eigenvalue weighted by Crippen LogP contribution is 2.18. The van der Waals surface area contributed by atoms with E-state index in [1.807, 2.05) is 6.08 Å². The Labute approximate surface area is 436 Å². The Bertz CT molecular complexity index is 1130. The standard InChI is InChI=1S/C64H121NO5/c1-3-5-7-9-11-13-15-17-19-21-22-23-24-25-26-28-29-32-36-40-44-48-52-56-62(67)61(60-66)65-63(68)57-53-49-45-41-37-33-31-35-39-43-47-51-55-59-70-64(69)58-54-50-46-42-38-34-30-27-20-18-16-14-12-10-8-6-4-2/h18,20,33,37,45,49,61-62,66-67H,3-17,19,21-32,34-36,38-44,46-48,50-60H2,1-2H3,(H,65,68)/b20-18-,37-33-,49-45-. The van der Waals surface area contributed by atoms with Crippen molar-refractivity contribution >= 4 is 11.9 Å². The fourth-order valence-electron chi connectivity index (χ4n) is 9.63. The summed E-state index contributed by atoms with van der Waals surface area (Å²) in [7, 11) is 0. The molecule has 0 saturated carbocycles. The van der Waals surface area contributed by atoms with Gasteiger partial charge < -0.3 is 20.3 Å². The zero-order chi connectivity index (χ0) is 50.7. The third-order valence-electron chi connectivity index (χ3n) is 14.4. The average molecular weight is 985 g/mol. The largest absolute Gasteiger partial charge is 0.466 e. The molecule has 70 heavy (non-hydrogen) atoms. The maximum Gasteiger partial charge on any atom is 0.305 e. The Morgan fingerprint density at radius 1 is 0.400 bits per heavy atom. The van der Waals surface area contributed by atoms with Gasteiger partial charge in [0.05, 0.1) is 25.4 Å². The van der Waals surface area contributed by atoms with E-state index < -0.39 is 12.1 Å². The molecule has 6 heteroatoms. The van der Waals surface area contributed by atoms with E-state index in [9.17, 15) is 19.8 Å². The number of carbonyl (C=O) groups excluding carboxylic acids is 2. The lowest BCUT2D eigenvalue weighted by Gasteiger charge is -2.22. The lowest BCUT2D eigenvalue weighted by atomic mass is 10.0. The van der Waals surface area contributed by atoms with Crippen molar-refractivity contribution in [3.63, 3.8) is 0 Å². The molecule has 2 unspecified atom stereocenters. The summed E-state index contributed by atoms with van der Waals surface area (Å²) in [6.45, 7) is 4.91. The average Bonchev–Trinajstić information content (AvgIpc) is 3.36. The third-order valence-corrected chi connectivity index (χ3v) is 14.4. The van der Waals surface area contributed by atoms with E-state index in [4.69, 9.17) is 4.74 Å². The summed E-state index contributed by atoms with van der Waals surface area (Å²) in [6, 6.07) is -0.587. The number of hydrogen-bond donors (Lipinski definition) is 3. The highest BCUT2D eigenvalue weighted by Gasteiger charge is 2.20. The predicted molar refractivity (Wildman–Crippen MR) is 306 cm³/mol. The van der Waals surface area contributed by atoms with Crippen LogP contribution in [0.1, 0.15) is 335 Å². The van der Waals surface area contributed by atoms with Crippen molar-refractivity contribution in [2.24, 2.45) is 0 Å². The molecule has 0 bridgehead atoms. The lowest BCUT2D eigenvalue weighted by Crippen LogP contribution is -2.45. The zero-order valence-electron chi connectivity index (χ0n) is 47.0. The second-order valence-electron chi connectivity index (χ2n) is 21.4. The molecule has 0 aliphatic rings. The Morgan fingerprint density at radius 2 is 0.729 bits per heavy atom. The van der Waals surface area contributed by atoms with Gasteiger partial charge >= 0.3 is 5.97 Å². The summed E-state index contributed by atoms with van der Waals surface area (Å²) >= 11 is 0. The van der Waals surface area contributed by atoms with Crippen molar-refractivity contribution in [3.8, 4) is 0 Å². The van der Waals surface area contributed by atoms with Crippen molar-refractivity contribution in [2.45, 2.75) is 347 Å². The minimum atomic E-state index is -0.701. The second kappa shape index (κ2) is 59.6. The topological polar surface area (TPSA) is 95.9 Å². The van der Waals surface area contributed by atoms with E-state index in [0.29, 0.717) is 32.3 Å². The van der Waals surface area contributed by atoms with Gasteiger partial charge in [-0.25, -0.2) is 0 Å². The van der Waals surface area contributed by atoms with Crippen LogP contribution in [-0.4, -0.2) is 47.4 Å². The van der Waals surface area contributed by atoms with Crippen molar-refractivity contribution in [3.05, 3.63) is 36.5 Å². The number of unbranched alkanes of at least 4 members (excludes halogenated alkanes) is 41. The number of nitrogens with one attached hydrogen (secondary N) is 1. The minimum Gasteiger partial charge on any atom is -0.466 e. The maximum absolute atomic E-state index is 12.5. The summed E-state index contributed by atoms with van der Waals surface area (Å²) in [5, 5.41) is 23.3. The highest BCUT2D eigenvalue weighted by atomic mass is 16.5. The molecule has 0 aliphatic carbocycles. The molecule has 0 fully saturated rings. The molecular formula is C64H121NO5. The summed E-state index contributed by atoms with van der Waals surface area (Å²) in [5.74, 6) is -0.132. The normalized spacial score (nSPS) is 12.8. The summed E-state index contributed by atoms with van der Waals surface area (Å²) in [4.78, 5) is 24.6. The van der Waals surface area contributed by atoms with Crippen molar-refractivity contribution < 1.29 is 24.5 Å². The number of esters is 1. The number of aliphatic hydroxyl groups is 2. The Kier molecular flexibility index (Phi) is 58.0. The number of aliphatic hydroxyl groups excluding tert-OH is 2. The van der Waals surface area contributed by atoms with Gasteiger partial charge in [-0.05, 0) is 70.6 Å². The monoisotopic (exact) mass is 984 g/mol. The van der Waals surface area contributed by atoms with Crippen LogP contribution >= 0.6 is 0 Å². The fourth-order valence-corrected chi connectivity index (χ4v) is 9.63. The third kappa shape index (κ3) is 55.4. The quantitative estimate of drug-likeness (QED) is 0.0321. The van der Waals surface area contributed by atoms with E-state index in [-0.39, 0.29) is 18.5 Å². The summed E-state index contributed by atoms with van der Waals surface area (Å²) in [5.41, 5.74) is 0. The molecule has 6 nitrogen and oxygen atoms in total. The van der Waals surface area contributed by atoms with Crippen LogP contribution in [0.15, 0.2) is 36.5 Å². The maximum atomic E-state index is 12.5. The Balaban J connectivity index is 3.52. The first-order valence-electron chi connectivity index (χ1n) is 31.2. The molecule has 0 spiro atoms. The van der Waals surface area contributed by atoms with E-state index >= 15 is 0 Å². The molecule has 1 amide bonds. The molecule has 0 aromatic carbocycles. The molecule has 0 heterocycles. The number of amides is 1. The Hall–Kier alpha value is -1.92. The van der Waals surface area contributed by atoms with E-state index in [1.165, 1.54) is 244 Å². The van der Waals surface area contributed by atoms with Crippen molar-refractivity contribution in [1.82, 2.24) is 5.32 Å². The van der Waals surface area contributed by atoms with Gasteiger partial charge in [0.1, 0.15) is 0 Å². The molecule has 3 N–H and O–H groups in total. The van der Waals surface area contributed by atoms with Crippen LogP contribution in [0.2, 0.25) is 0 Å². The SMILES string of the molecule is CCCCCCCC/C=C\CCCCCCCCCC(=O)OCCCCCCCC/C=C\C/C=C\CCC(=O)NC(CO)C(O)CCCCCCCCCCCCCCCCCCCCCCCCC. The van der Waals surface area contributed by atoms with Crippen molar-refractivity contribution in [2.75, 3.05) is 13.2 Å². The first kappa shape index (κ1) is 68.1. The van der Waals surface area contributed by atoms with Crippen LogP contribution in [-0.2, 0) is 14.3 Å². The molecule has 0 aromatic heterocycles. The Morgan fingerprint density at radius 3 is 1.13 bits per heavy atom. The van der Waals surface area contributed by atoms with Crippen LogP contribution in [0.25, 0.3) is 0 Å². The van der Waals surface area contributed by atoms with Crippen LogP contribution in [0, 0.1) is 0 Å². The number of rotatable bonds is 58. The molecule has 0 radical (unpaired) electrons. The van der Waals surface area contributed by atoms with Gasteiger partial charge in [-0.3, -0.25) is 9.59 Å². The first-order valence-corrected chi connectivity index (χ1v) is 31.2. The summed E-state index contributed by atoms with van der Waals surface area (Å²) < 4.78 is 5.47. The highest BCUT2D eigenvalue weighted by molar-refractivity contribution is 5.76. The second-order valence-corrected chi connectivity index (χ2v) is 21.4. The van der Waals surface area contributed by atoms with Gasteiger partial charge in [0.25, 0.3) is 0 Å². The van der Waals surface area contributed by atoms with Crippen LogP contribution < -0.4 is 5.32 Å². The summed E-state index contributed by atoms with van der Waals surface area (Å²) in [6.07, 6.45) is 74.5. The van der Waals surface area contributed by atoms with Gasteiger partial charge in [-0.2, -0.15) is 0 Å². The number of ether oxygens (including phenoxy) is 1. The van der Waals surface area contributed by atoms with Crippen LogP contribution in [0.4, 0.5) is 0 Å². The molecule has 0 aliphatic heterocycles. The predicted octanol–water partition coefficient (Wildman–Crippen LogP) is 19.6. The molecule has 0 rings (SSSR count). The van der Waals surface area contributed by atoms with Gasteiger partial charge in [0, 0.05) is 12.8 Å². The van der Waals surface area contributed by atoms with Gasteiger partial charge in [-0.15, -0.1) is 0 Å². The van der Waals surface area contributed by atoms with Gasteiger partial charge in [0.15, 0.2) is 0 Å². The van der Waals surface area contributed by atoms with Crippen molar-refractivity contribution in [1.29, 1.82) is 0 Å². The van der Waals surface area contributed by atoms with Gasteiger partial charge in [0.2, 0.25) is 5.91 Å². The van der Waals surface area contributed by atoms with E-state index in [2.05, 4.69) is 49.5 Å². The number of hydrogen-bond acceptors (Lipinski definition) is 5. The number of carbonyl (C=O) groups is 2. The molecule has 412 valence electrons. The van der Waals surface area contributed by atoms with Crippen LogP contribution in [0.5, 0.6) is 0 Å². The lowest BCUT2D eigenvalue weighted by molar-refractivity contribution is -0.143. The minimum absolute atomic E-state index is 0.0197. The number of allylic oxidation sites excluding steroid dienone is 6. The molecule has 0 aromatic rings. The van der Waals surface area contributed by atoms with E-state index in [0.717, 1.165) is 51.4 Å². The van der Waals surface area contributed by atoms with E-state index in [1.54, 1.807) is 0 Å². The zero-order valence-corrected chi connectivity index (χ0v) is 47.0. The smallest absolute Gasteiger partial charge is 0.305 e. The molecule has 0 saturated heterocycles. The molecular weight excluding hydrogens is 863 g/mol. The molecule has 2 atom stereocenters.